The summed E-state index contributed by atoms with van der Waals surface area (Å²) < 4.78 is 4.72. The van der Waals surface area contributed by atoms with Crippen LogP contribution < -0.4 is 5.32 Å². The molecule has 104 valence electrons. The normalized spacial score (nSPS) is 11.8. The van der Waals surface area contributed by atoms with Crippen molar-refractivity contribution in [3.05, 3.63) is 53.2 Å². The lowest BCUT2D eigenvalue weighted by atomic mass is 10.0. The van der Waals surface area contributed by atoms with E-state index in [1.54, 1.807) is 19.2 Å². The van der Waals surface area contributed by atoms with Crippen LogP contribution in [0.5, 0.6) is 0 Å². The van der Waals surface area contributed by atoms with Crippen LogP contribution in [-0.4, -0.2) is 18.1 Å². The van der Waals surface area contributed by atoms with Gasteiger partial charge < -0.3 is 10.1 Å². The first-order chi connectivity index (χ1) is 9.61. The molecule has 0 fully saturated rings. The fourth-order valence-electron chi connectivity index (χ4n) is 1.84. The van der Waals surface area contributed by atoms with E-state index in [1.807, 2.05) is 30.3 Å². The first-order valence-electron chi connectivity index (χ1n) is 6.17. The zero-order chi connectivity index (χ0) is 14.5. The second kappa shape index (κ2) is 6.39. The number of anilines is 2. The number of ether oxygens (including phenoxy) is 1. The summed E-state index contributed by atoms with van der Waals surface area (Å²) >= 11 is 6.22. The maximum absolute atomic E-state index is 11.5. The van der Waals surface area contributed by atoms with Gasteiger partial charge >= 0.3 is 5.97 Å². The van der Waals surface area contributed by atoms with Crippen molar-refractivity contribution in [1.29, 1.82) is 0 Å². The largest absolute Gasteiger partial charge is 0.469 e. The highest BCUT2D eigenvalue weighted by Crippen LogP contribution is 2.29. The van der Waals surface area contributed by atoms with E-state index < -0.39 is 5.92 Å². The van der Waals surface area contributed by atoms with Crippen LogP contribution in [-0.2, 0) is 9.53 Å². The number of nitrogens with one attached hydrogen (secondary N) is 1. The highest BCUT2D eigenvalue weighted by atomic mass is 35.5. The van der Waals surface area contributed by atoms with Gasteiger partial charge in [-0.3, -0.25) is 4.79 Å². The Kier molecular flexibility index (Phi) is 4.58. The predicted molar refractivity (Wildman–Crippen MR) is 79.4 cm³/mol. The van der Waals surface area contributed by atoms with Crippen LogP contribution in [0, 0.1) is 0 Å². The third kappa shape index (κ3) is 3.27. The molecule has 0 saturated carbocycles. The SMILES string of the molecule is COC(=O)[C@@H](C)c1ccc(Nc2ccccn2)cc1Cl. The number of rotatable bonds is 4. The number of pyridine rings is 1. The molecule has 4 nitrogen and oxygen atoms in total. The average Bonchev–Trinajstić information content (AvgIpc) is 2.47. The third-order valence-corrected chi connectivity index (χ3v) is 3.29. The molecule has 0 aliphatic carbocycles. The molecule has 0 aliphatic heterocycles. The lowest BCUT2D eigenvalue weighted by Crippen LogP contribution is -2.11. The molecule has 1 aromatic heterocycles. The number of aromatic nitrogens is 1. The Morgan fingerprint density at radius 3 is 2.75 bits per heavy atom. The molecule has 0 unspecified atom stereocenters. The van der Waals surface area contributed by atoms with E-state index in [4.69, 9.17) is 16.3 Å². The Balaban J connectivity index is 2.20. The molecule has 0 radical (unpaired) electrons. The second-order valence-electron chi connectivity index (χ2n) is 4.32. The van der Waals surface area contributed by atoms with Crippen LogP contribution in [0.4, 0.5) is 11.5 Å². The van der Waals surface area contributed by atoms with Crippen LogP contribution in [0.15, 0.2) is 42.6 Å². The van der Waals surface area contributed by atoms with Crippen molar-refractivity contribution in [1.82, 2.24) is 4.98 Å². The number of esters is 1. The maximum atomic E-state index is 11.5. The number of hydrogen-bond donors (Lipinski definition) is 1. The molecule has 0 aliphatic rings. The van der Waals surface area contributed by atoms with Gasteiger partial charge in [0.15, 0.2) is 0 Å². The van der Waals surface area contributed by atoms with E-state index in [1.165, 1.54) is 7.11 Å². The van der Waals surface area contributed by atoms with Crippen molar-refractivity contribution in [3.63, 3.8) is 0 Å². The van der Waals surface area contributed by atoms with Gasteiger partial charge in [-0.2, -0.15) is 0 Å². The molecule has 1 N–H and O–H groups in total. The van der Waals surface area contributed by atoms with Gasteiger partial charge in [-0.15, -0.1) is 0 Å². The molecule has 0 spiro atoms. The third-order valence-electron chi connectivity index (χ3n) is 2.96. The van der Waals surface area contributed by atoms with Gasteiger partial charge in [-0.05, 0) is 36.8 Å². The predicted octanol–water partition coefficient (Wildman–Crippen LogP) is 3.76. The molecular formula is C15H15ClN2O2. The van der Waals surface area contributed by atoms with Crippen LogP contribution in [0.2, 0.25) is 5.02 Å². The van der Waals surface area contributed by atoms with Gasteiger partial charge in [-0.1, -0.05) is 23.7 Å². The molecule has 20 heavy (non-hydrogen) atoms. The molecule has 0 bridgehead atoms. The van der Waals surface area contributed by atoms with E-state index in [9.17, 15) is 4.79 Å². The minimum Gasteiger partial charge on any atom is -0.469 e. The van der Waals surface area contributed by atoms with E-state index in [0.29, 0.717) is 5.02 Å². The van der Waals surface area contributed by atoms with Crippen molar-refractivity contribution >= 4 is 29.1 Å². The van der Waals surface area contributed by atoms with Crippen molar-refractivity contribution in [3.8, 4) is 0 Å². The van der Waals surface area contributed by atoms with Crippen molar-refractivity contribution in [2.45, 2.75) is 12.8 Å². The summed E-state index contributed by atoms with van der Waals surface area (Å²) in [6.07, 6.45) is 1.71. The number of methoxy groups -OCH3 is 1. The standard InChI is InChI=1S/C15H15ClN2O2/c1-10(15(19)20-2)12-7-6-11(9-13(12)16)18-14-5-3-4-8-17-14/h3-10H,1-2H3,(H,17,18)/t10-/m0/s1. The summed E-state index contributed by atoms with van der Waals surface area (Å²) in [6.45, 7) is 1.76. The van der Waals surface area contributed by atoms with Crippen LogP contribution in [0.3, 0.4) is 0 Å². The first-order valence-corrected chi connectivity index (χ1v) is 6.55. The highest BCUT2D eigenvalue weighted by molar-refractivity contribution is 6.32. The summed E-state index contributed by atoms with van der Waals surface area (Å²) in [5.74, 6) is 0.0334. The van der Waals surface area contributed by atoms with Gasteiger partial charge in [0, 0.05) is 16.9 Å². The van der Waals surface area contributed by atoms with Gasteiger partial charge in [0.05, 0.1) is 13.0 Å². The summed E-state index contributed by atoms with van der Waals surface area (Å²) in [4.78, 5) is 15.7. The Morgan fingerprint density at radius 1 is 1.35 bits per heavy atom. The number of carbonyl (C=O) groups is 1. The smallest absolute Gasteiger partial charge is 0.312 e. The molecule has 5 heteroatoms. The topological polar surface area (TPSA) is 51.2 Å². The number of nitrogens with zero attached hydrogens (tertiary/aromatic N) is 1. The molecule has 1 atom stereocenters. The summed E-state index contributed by atoms with van der Waals surface area (Å²) in [7, 11) is 1.36. The van der Waals surface area contributed by atoms with E-state index >= 15 is 0 Å². The van der Waals surface area contributed by atoms with E-state index in [-0.39, 0.29) is 5.97 Å². The minimum absolute atomic E-state index is 0.308. The lowest BCUT2D eigenvalue weighted by Gasteiger charge is -2.13. The van der Waals surface area contributed by atoms with Crippen LogP contribution >= 0.6 is 11.6 Å². The van der Waals surface area contributed by atoms with Crippen molar-refractivity contribution in [2.75, 3.05) is 12.4 Å². The van der Waals surface area contributed by atoms with Gasteiger partial charge in [0.1, 0.15) is 5.82 Å². The number of benzene rings is 1. The molecule has 0 amide bonds. The Morgan fingerprint density at radius 2 is 2.15 bits per heavy atom. The second-order valence-corrected chi connectivity index (χ2v) is 4.73. The fraction of sp³-hybridized carbons (Fsp3) is 0.200. The molecule has 0 saturated heterocycles. The maximum Gasteiger partial charge on any atom is 0.312 e. The lowest BCUT2D eigenvalue weighted by molar-refractivity contribution is -0.141. The monoisotopic (exact) mass is 290 g/mol. The Hall–Kier alpha value is -2.07. The molecular weight excluding hydrogens is 276 g/mol. The summed E-state index contributed by atoms with van der Waals surface area (Å²) in [6, 6.07) is 11.0. The van der Waals surface area contributed by atoms with Crippen molar-refractivity contribution in [2.24, 2.45) is 0 Å². The molecule has 1 aromatic carbocycles. The quantitative estimate of drug-likeness (QED) is 0.871. The number of hydrogen-bond acceptors (Lipinski definition) is 4. The van der Waals surface area contributed by atoms with E-state index in [2.05, 4.69) is 10.3 Å². The minimum atomic E-state index is -0.392. The van der Waals surface area contributed by atoms with Crippen LogP contribution in [0.1, 0.15) is 18.4 Å². The van der Waals surface area contributed by atoms with Gasteiger partial charge in [-0.25, -0.2) is 4.98 Å². The summed E-state index contributed by atoms with van der Waals surface area (Å²) in [5.41, 5.74) is 1.56. The molecule has 2 rings (SSSR count). The fourth-order valence-corrected chi connectivity index (χ4v) is 2.19. The van der Waals surface area contributed by atoms with Gasteiger partial charge in [0.2, 0.25) is 0 Å². The molecule has 2 aromatic rings. The summed E-state index contributed by atoms with van der Waals surface area (Å²) in [5, 5.41) is 3.66. The van der Waals surface area contributed by atoms with E-state index in [0.717, 1.165) is 17.1 Å². The number of halogens is 1. The first kappa shape index (κ1) is 14.3. The Labute approximate surface area is 122 Å². The Bertz CT molecular complexity index is 602. The average molecular weight is 291 g/mol. The number of carbonyl (C=O) groups excluding carboxylic acids is 1. The molecule has 1 heterocycles. The van der Waals surface area contributed by atoms with Crippen molar-refractivity contribution < 1.29 is 9.53 Å². The van der Waals surface area contributed by atoms with Crippen LogP contribution in [0.25, 0.3) is 0 Å². The zero-order valence-corrected chi connectivity index (χ0v) is 12.0. The zero-order valence-electron chi connectivity index (χ0n) is 11.3. The highest BCUT2D eigenvalue weighted by Gasteiger charge is 2.18. The van der Waals surface area contributed by atoms with Gasteiger partial charge in [0.25, 0.3) is 0 Å².